The van der Waals surface area contributed by atoms with Crippen molar-refractivity contribution in [2.45, 2.75) is 0 Å². The Hall–Kier alpha value is -2.44. The summed E-state index contributed by atoms with van der Waals surface area (Å²) >= 11 is 0. The van der Waals surface area contributed by atoms with E-state index in [9.17, 15) is 9.59 Å². The summed E-state index contributed by atoms with van der Waals surface area (Å²) in [5.74, 6) is 0. The van der Waals surface area contributed by atoms with Gasteiger partial charge in [-0.2, -0.15) is 0 Å². The number of carbonyl (C=O) groups is 2. The van der Waals surface area contributed by atoms with Gasteiger partial charge in [-0.05, 0) is 18.2 Å². The third kappa shape index (κ3) is 5.26. The number of amides is 4. The quantitative estimate of drug-likeness (QED) is 0.376. The standard InChI is InChI=1S/C10H15N5O2/c11-7-2-1-3-8(6-7)15-10(17)14-5-4-13-9(12)16/h1-3,6H,4-5,11H2,(H3,12,13,16)(H2,14,15,17). The Morgan fingerprint density at radius 1 is 1.18 bits per heavy atom. The molecule has 0 heterocycles. The average Bonchev–Trinajstić information content (AvgIpc) is 2.24. The van der Waals surface area contributed by atoms with E-state index in [0.29, 0.717) is 11.4 Å². The second kappa shape index (κ2) is 6.21. The van der Waals surface area contributed by atoms with Crippen LogP contribution in [0.2, 0.25) is 0 Å². The highest BCUT2D eigenvalue weighted by Gasteiger charge is 2.00. The summed E-state index contributed by atoms with van der Waals surface area (Å²) in [7, 11) is 0. The lowest BCUT2D eigenvalue weighted by Crippen LogP contribution is -2.38. The van der Waals surface area contributed by atoms with E-state index in [2.05, 4.69) is 16.0 Å². The molecule has 0 saturated carbocycles. The van der Waals surface area contributed by atoms with E-state index >= 15 is 0 Å². The van der Waals surface area contributed by atoms with E-state index in [1.54, 1.807) is 24.3 Å². The summed E-state index contributed by atoms with van der Waals surface area (Å²) in [6.45, 7) is 0.566. The molecule has 0 spiro atoms. The molecule has 1 rings (SSSR count). The van der Waals surface area contributed by atoms with Crippen LogP contribution in [0.1, 0.15) is 0 Å². The molecule has 92 valence electrons. The lowest BCUT2D eigenvalue weighted by molar-refractivity contribution is 0.246. The third-order valence-electron chi connectivity index (χ3n) is 1.85. The number of benzene rings is 1. The molecular weight excluding hydrogens is 222 g/mol. The van der Waals surface area contributed by atoms with Gasteiger partial charge in [-0.3, -0.25) is 0 Å². The van der Waals surface area contributed by atoms with E-state index in [-0.39, 0.29) is 19.1 Å². The minimum Gasteiger partial charge on any atom is -0.399 e. The number of primary amides is 1. The van der Waals surface area contributed by atoms with Crippen molar-refractivity contribution in [2.24, 2.45) is 5.73 Å². The van der Waals surface area contributed by atoms with Crippen molar-refractivity contribution in [1.82, 2.24) is 10.6 Å². The molecule has 7 nitrogen and oxygen atoms in total. The van der Waals surface area contributed by atoms with Crippen molar-refractivity contribution in [1.29, 1.82) is 0 Å². The maximum Gasteiger partial charge on any atom is 0.319 e. The Morgan fingerprint density at radius 2 is 1.88 bits per heavy atom. The number of hydrogen-bond donors (Lipinski definition) is 5. The molecular formula is C10H15N5O2. The van der Waals surface area contributed by atoms with Gasteiger partial charge < -0.3 is 27.4 Å². The monoisotopic (exact) mass is 237 g/mol. The zero-order valence-corrected chi connectivity index (χ0v) is 9.19. The van der Waals surface area contributed by atoms with Crippen LogP contribution in [0.15, 0.2) is 24.3 Å². The Bertz CT molecular complexity index is 407. The molecule has 0 bridgehead atoms. The minimum atomic E-state index is -0.622. The first-order chi connectivity index (χ1) is 8.08. The first-order valence-corrected chi connectivity index (χ1v) is 5.01. The van der Waals surface area contributed by atoms with Crippen molar-refractivity contribution < 1.29 is 9.59 Å². The average molecular weight is 237 g/mol. The number of nitrogens with two attached hydrogens (primary N) is 2. The van der Waals surface area contributed by atoms with E-state index in [4.69, 9.17) is 11.5 Å². The molecule has 7 N–H and O–H groups in total. The van der Waals surface area contributed by atoms with E-state index in [0.717, 1.165) is 0 Å². The molecule has 0 fully saturated rings. The fourth-order valence-electron chi connectivity index (χ4n) is 1.15. The van der Waals surface area contributed by atoms with Gasteiger partial charge in [-0.15, -0.1) is 0 Å². The topological polar surface area (TPSA) is 122 Å². The molecule has 1 aromatic carbocycles. The molecule has 0 aromatic heterocycles. The Balaban J connectivity index is 2.27. The van der Waals surface area contributed by atoms with Crippen LogP contribution in [0, 0.1) is 0 Å². The molecule has 0 aliphatic heterocycles. The van der Waals surface area contributed by atoms with Gasteiger partial charge in [0, 0.05) is 24.5 Å². The number of anilines is 2. The number of nitrogens with one attached hydrogen (secondary N) is 3. The number of urea groups is 2. The number of carbonyl (C=O) groups excluding carboxylic acids is 2. The van der Waals surface area contributed by atoms with Gasteiger partial charge in [0.05, 0.1) is 0 Å². The van der Waals surface area contributed by atoms with Crippen LogP contribution in [0.3, 0.4) is 0 Å². The number of hydrogen-bond acceptors (Lipinski definition) is 3. The van der Waals surface area contributed by atoms with Crippen LogP contribution in [0.4, 0.5) is 21.0 Å². The highest BCUT2D eigenvalue weighted by atomic mass is 16.2. The second-order valence-electron chi connectivity index (χ2n) is 3.30. The van der Waals surface area contributed by atoms with Gasteiger partial charge in [0.25, 0.3) is 0 Å². The van der Waals surface area contributed by atoms with Gasteiger partial charge in [0.1, 0.15) is 0 Å². The summed E-state index contributed by atoms with van der Waals surface area (Å²) in [6.07, 6.45) is 0. The van der Waals surface area contributed by atoms with Crippen molar-refractivity contribution in [3.05, 3.63) is 24.3 Å². The largest absolute Gasteiger partial charge is 0.399 e. The van der Waals surface area contributed by atoms with Crippen molar-refractivity contribution in [3.63, 3.8) is 0 Å². The minimum absolute atomic E-state index is 0.277. The first-order valence-electron chi connectivity index (χ1n) is 5.01. The Morgan fingerprint density at radius 3 is 2.53 bits per heavy atom. The smallest absolute Gasteiger partial charge is 0.319 e. The fourth-order valence-corrected chi connectivity index (χ4v) is 1.15. The van der Waals surface area contributed by atoms with Crippen molar-refractivity contribution in [2.75, 3.05) is 24.1 Å². The Labute approximate surface area is 98.5 Å². The molecule has 17 heavy (non-hydrogen) atoms. The lowest BCUT2D eigenvalue weighted by atomic mass is 10.3. The summed E-state index contributed by atoms with van der Waals surface area (Å²) < 4.78 is 0. The van der Waals surface area contributed by atoms with Gasteiger partial charge in [0.2, 0.25) is 0 Å². The van der Waals surface area contributed by atoms with Crippen LogP contribution in [0.5, 0.6) is 0 Å². The van der Waals surface area contributed by atoms with Crippen LogP contribution < -0.4 is 27.4 Å². The predicted octanol–water partition coefficient (Wildman–Crippen LogP) is 0.0586. The van der Waals surface area contributed by atoms with Gasteiger partial charge in [-0.1, -0.05) is 6.07 Å². The molecule has 0 saturated heterocycles. The molecule has 0 unspecified atom stereocenters. The molecule has 0 radical (unpaired) electrons. The lowest BCUT2D eigenvalue weighted by Gasteiger charge is -2.08. The maximum atomic E-state index is 11.4. The fraction of sp³-hybridized carbons (Fsp3) is 0.200. The summed E-state index contributed by atoms with van der Waals surface area (Å²) in [5, 5.41) is 7.49. The molecule has 7 heteroatoms. The zero-order valence-electron chi connectivity index (χ0n) is 9.19. The number of nitrogen functional groups attached to an aromatic ring is 1. The highest BCUT2D eigenvalue weighted by Crippen LogP contribution is 2.11. The highest BCUT2D eigenvalue weighted by molar-refractivity contribution is 5.89. The molecule has 4 amide bonds. The predicted molar refractivity (Wildman–Crippen MR) is 65.5 cm³/mol. The zero-order chi connectivity index (χ0) is 12.7. The Kier molecular flexibility index (Phi) is 4.61. The molecule has 1 aromatic rings. The van der Waals surface area contributed by atoms with Crippen molar-refractivity contribution in [3.8, 4) is 0 Å². The van der Waals surface area contributed by atoms with E-state index < -0.39 is 6.03 Å². The molecule has 0 aliphatic rings. The van der Waals surface area contributed by atoms with Crippen LogP contribution in [0.25, 0.3) is 0 Å². The van der Waals surface area contributed by atoms with Crippen LogP contribution >= 0.6 is 0 Å². The summed E-state index contributed by atoms with van der Waals surface area (Å²) in [5.41, 5.74) is 11.6. The molecule has 0 atom stereocenters. The molecule has 0 aliphatic carbocycles. The normalized spacial score (nSPS) is 9.41. The SMILES string of the molecule is NC(=O)NCCNC(=O)Nc1cccc(N)c1. The second-order valence-corrected chi connectivity index (χ2v) is 3.30. The summed E-state index contributed by atoms with van der Waals surface area (Å²) in [6, 6.07) is 5.82. The van der Waals surface area contributed by atoms with Gasteiger partial charge in [0.15, 0.2) is 0 Å². The summed E-state index contributed by atoms with van der Waals surface area (Å²) in [4.78, 5) is 21.7. The number of rotatable bonds is 4. The van der Waals surface area contributed by atoms with Crippen molar-refractivity contribution >= 4 is 23.4 Å². The van der Waals surface area contributed by atoms with Gasteiger partial charge >= 0.3 is 12.1 Å². The van der Waals surface area contributed by atoms with E-state index in [1.807, 2.05) is 0 Å². The van der Waals surface area contributed by atoms with E-state index in [1.165, 1.54) is 0 Å². The maximum absolute atomic E-state index is 11.4. The van der Waals surface area contributed by atoms with Crippen LogP contribution in [-0.2, 0) is 0 Å². The van der Waals surface area contributed by atoms with Gasteiger partial charge in [-0.25, -0.2) is 9.59 Å². The van der Waals surface area contributed by atoms with Crippen LogP contribution in [-0.4, -0.2) is 25.2 Å². The first kappa shape index (κ1) is 12.6. The third-order valence-corrected chi connectivity index (χ3v) is 1.85.